The van der Waals surface area contributed by atoms with Crippen molar-refractivity contribution in [2.75, 3.05) is 6.54 Å². The van der Waals surface area contributed by atoms with Crippen LogP contribution in [0.4, 0.5) is 0 Å². The summed E-state index contributed by atoms with van der Waals surface area (Å²) in [5.41, 5.74) is 1.92. The third kappa shape index (κ3) is 5.62. The molecule has 7 heteroatoms. The van der Waals surface area contributed by atoms with Gasteiger partial charge in [0.15, 0.2) is 0 Å². The van der Waals surface area contributed by atoms with Crippen LogP contribution in [0.2, 0.25) is 0 Å². The predicted octanol–water partition coefficient (Wildman–Crippen LogP) is 2.70. The number of rotatable bonds is 7. The highest BCUT2D eigenvalue weighted by atomic mass is 32.1. The molecule has 0 unspecified atom stereocenters. The first-order chi connectivity index (χ1) is 12.7. The molecule has 0 radical (unpaired) electrons. The number of carbonyl (C=O) groups excluding carboxylic acids is 2. The van der Waals surface area contributed by atoms with Gasteiger partial charge in [-0.2, -0.15) is 0 Å². The maximum atomic E-state index is 12.0. The van der Waals surface area contributed by atoms with Crippen molar-refractivity contribution >= 4 is 23.2 Å². The molecule has 1 aliphatic carbocycles. The molecule has 2 N–H and O–H groups in total. The van der Waals surface area contributed by atoms with Crippen LogP contribution in [0.25, 0.3) is 10.6 Å². The number of nitrogens with zero attached hydrogens (tertiary/aromatic N) is 2. The van der Waals surface area contributed by atoms with Crippen molar-refractivity contribution in [2.45, 2.75) is 51.0 Å². The molecule has 2 heterocycles. The lowest BCUT2D eigenvalue weighted by Gasteiger charge is -2.22. The van der Waals surface area contributed by atoms with E-state index in [9.17, 15) is 9.59 Å². The lowest BCUT2D eigenvalue weighted by atomic mass is 9.95. The Hall–Kier alpha value is -2.28. The van der Waals surface area contributed by atoms with Gasteiger partial charge in [-0.25, -0.2) is 4.98 Å². The third-order valence-electron chi connectivity index (χ3n) is 4.50. The summed E-state index contributed by atoms with van der Waals surface area (Å²) < 4.78 is 0. The van der Waals surface area contributed by atoms with Crippen LogP contribution in [0.1, 0.15) is 44.2 Å². The van der Waals surface area contributed by atoms with E-state index in [1.807, 2.05) is 17.5 Å². The third-order valence-corrected chi connectivity index (χ3v) is 5.44. The number of amides is 2. The van der Waals surface area contributed by atoms with E-state index in [-0.39, 0.29) is 24.4 Å². The summed E-state index contributed by atoms with van der Waals surface area (Å²) in [6.45, 7) is 0.0503. The van der Waals surface area contributed by atoms with E-state index in [4.69, 9.17) is 0 Å². The average Bonchev–Trinajstić information content (AvgIpc) is 3.15. The second kappa shape index (κ2) is 9.43. The van der Waals surface area contributed by atoms with E-state index in [1.165, 1.54) is 19.3 Å². The highest BCUT2D eigenvalue weighted by molar-refractivity contribution is 7.13. The molecule has 0 aliphatic heterocycles. The van der Waals surface area contributed by atoms with Crippen molar-refractivity contribution in [3.8, 4) is 10.6 Å². The van der Waals surface area contributed by atoms with Crippen LogP contribution >= 0.6 is 11.3 Å². The molecule has 1 aliphatic rings. The van der Waals surface area contributed by atoms with Crippen molar-refractivity contribution in [3.63, 3.8) is 0 Å². The predicted molar refractivity (Wildman–Crippen MR) is 102 cm³/mol. The minimum Gasteiger partial charge on any atom is -0.352 e. The highest BCUT2D eigenvalue weighted by Gasteiger charge is 2.16. The maximum absolute atomic E-state index is 12.0. The Morgan fingerprint density at radius 3 is 2.65 bits per heavy atom. The molecule has 0 aromatic carbocycles. The lowest BCUT2D eigenvalue weighted by molar-refractivity contribution is -0.126. The zero-order valence-corrected chi connectivity index (χ0v) is 15.6. The lowest BCUT2D eigenvalue weighted by Crippen LogP contribution is -2.42. The van der Waals surface area contributed by atoms with E-state index >= 15 is 0 Å². The Kier molecular flexibility index (Phi) is 6.71. The van der Waals surface area contributed by atoms with E-state index in [2.05, 4.69) is 20.6 Å². The van der Waals surface area contributed by atoms with Crippen LogP contribution in [0.5, 0.6) is 0 Å². The number of hydrogen-bond acceptors (Lipinski definition) is 5. The molecule has 6 nitrogen and oxygen atoms in total. The summed E-state index contributed by atoms with van der Waals surface area (Å²) in [6, 6.07) is 4.11. The quantitative estimate of drug-likeness (QED) is 0.783. The molecular formula is C19H24N4O2S. The summed E-state index contributed by atoms with van der Waals surface area (Å²) in [4.78, 5) is 32.4. The van der Waals surface area contributed by atoms with Gasteiger partial charge in [0.05, 0.1) is 12.2 Å². The SMILES string of the molecule is O=C(CCc1csc(-c2ccncc2)n1)NCC(=O)NC1CCCCC1. The van der Waals surface area contributed by atoms with Crippen LogP contribution < -0.4 is 10.6 Å². The molecule has 0 atom stereocenters. The summed E-state index contributed by atoms with van der Waals surface area (Å²) in [7, 11) is 0. The van der Waals surface area contributed by atoms with Crippen molar-refractivity contribution in [2.24, 2.45) is 0 Å². The Balaban J connectivity index is 1.37. The molecule has 2 aromatic heterocycles. The van der Waals surface area contributed by atoms with Crippen LogP contribution in [0.3, 0.4) is 0 Å². The van der Waals surface area contributed by atoms with Gasteiger partial charge in [0.1, 0.15) is 5.01 Å². The van der Waals surface area contributed by atoms with Gasteiger partial charge >= 0.3 is 0 Å². The Bertz CT molecular complexity index is 726. The molecule has 138 valence electrons. The van der Waals surface area contributed by atoms with Gasteiger partial charge in [-0.1, -0.05) is 19.3 Å². The van der Waals surface area contributed by atoms with E-state index < -0.39 is 0 Å². The zero-order chi connectivity index (χ0) is 18.2. The number of thiazole rings is 1. The minimum absolute atomic E-state index is 0.0503. The van der Waals surface area contributed by atoms with Gasteiger partial charge in [0.25, 0.3) is 0 Å². The first kappa shape index (κ1) is 18.5. The second-order valence-corrected chi connectivity index (χ2v) is 7.42. The van der Waals surface area contributed by atoms with Gasteiger partial charge in [0, 0.05) is 35.8 Å². The van der Waals surface area contributed by atoms with Crippen LogP contribution in [-0.4, -0.2) is 34.4 Å². The number of aryl methyl sites for hydroxylation is 1. The molecule has 26 heavy (non-hydrogen) atoms. The first-order valence-corrected chi connectivity index (χ1v) is 9.99. The molecule has 0 saturated heterocycles. The van der Waals surface area contributed by atoms with Gasteiger partial charge in [0.2, 0.25) is 11.8 Å². The summed E-state index contributed by atoms with van der Waals surface area (Å²) in [5, 5.41) is 8.59. The largest absolute Gasteiger partial charge is 0.352 e. The van der Waals surface area contributed by atoms with Crippen molar-refractivity contribution in [1.82, 2.24) is 20.6 Å². The summed E-state index contributed by atoms with van der Waals surface area (Å²) >= 11 is 1.56. The number of nitrogens with one attached hydrogen (secondary N) is 2. The molecule has 2 aromatic rings. The van der Waals surface area contributed by atoms with Crippen molar-refractivity contribution in [3.05, 3.63) is 35.6 Å². The van der Waals surface area contributed by atoms with Crippen molar-refractivity contribution < 1.29 is 9.59 Å². The normalized spacial score (nSPS) is 14.8. The Labute approximate surface area is 157 Å². The summed E-state index contributed by atoms with van der Waals surface area (Å²) in [5.74, 6) is -0.221. The Morgan fingerprint density at radius 2 is 1.88 bits per heavy atom. The fraction of sp³-hybridized carbons (Fsp3) is 0.474. The molecule has 0 spiro atoms. The standard InChI is InChI=1S/C19H24N4O2S/c24-17(21-12-18(25)22-15-4-2-1-3-5-15)7-6-16-13-26-19(23-16)14-8-10-20-11-9-14/h8-11,13,15H,1-7,12H2,(H,21,24)(H,22,25). The van der Waals surface area contributed by atoms with Gasteiger partial charge in [-0.15, -0.1) is 11.3 Å². The van der Waals surface area contributed by atoms with Crippen LogP contribution in [-0.2, 0) is 16.0 Å². The van der Waals surface area contributed by atoms with Gasteiger partial charge in [-0.05, 0) is 31.4 Å². The molecule has 1 fully saturated rings. The maximum Gasteiger partial charge on any atom is 0.239 e. The average molecular weight is 372 g/mol. The fourth-order valence-electron chi connectivity index (χ4n) is 3.08. The molecule has 0 bridgehead atoms. The fourth-order valence-corrected chi connectivity index (χ4v) is 3.94. The number of aromatic nitrogens is 2. The Morgan fingerprint density at radius 1 is 1.12 bits per heavy atom. The molecule has 2 amide bonds. The monoisotopic (exact) mass is 372 g/mol. The van der Waals surface area contributed by atoms with E-state index in [0.717, 1.165) is 29.1 Å². The summed E-state index contributed by atoms with van der Waals surface area (Å²) in [6.07, 6.45) is 10.1. The minimum atomic E-state index is -0.123. The highest BCUT2D eigenvalue weighted by Crippen LogP contribution is 2.23. The van der Waals surface area contributed by atoms with Crippen LogP contribution in [0.15, 0.2) is 29.9 Å². The van der Waals surface area contributed by atoms with E-state index in [0.29, 0.717) is 12.8 Å². The smallest absolute Gasteiger partial charge is 0.239 e. The number of pyridine rings is 1. The van der Waals surface area contributed by atoms with E-state index in [1.54, 1.807) is 23.7 Å². The molecule has 3 rings (SSSR count). The topological polar surface area (TPSA) is 84.0 Å². The van der Waals surface area contributed by atoms with Gasteiger partial charge < -0.3 is 10.6 Å². The number of carbonyl (C=O) groups is 2. The van der Waals surface area contributed by atoms with Gasteiger partial charge in [-0.3, -0.25) is 14.6 Å². The number of hydrogen-bond donors (Lipinski definition) is 2. The first-order valence-electron chi connectivity index (χ1n) is 9.11. The molecule has 1 saturated carbocycles. The van der Waals surface area contributed by atoms with Crippen molar-refractivity contribution in [1.29, 1.82) is 0 Å². The zero-order valence-electron chi connectivity index (χ0n) is 14.7. The molecular weight excluding hydrogens is 348 g/mol. The second-order valence-electron chi connectivity index (χ2n) is 6.56. The van der Waals surface area contributed by atoms with Crippen LogP contribution in [0, 0.1) is 0 Å².